The first kappa shape index (κ1) is 24.0. The molecule has 0 N–H and O–H groups in total. The summed E-state index contributed by atoms with van der Waals surface area (Å²) in [5, 5.41) is 10.3. The minimum absolute atomic E-state index is 0.0444. The lowest BCUT2D eigenvalue weighted by Crippen LogP contribution is -2.51. The molecule has 168 valence electrons. The summed E-state index contributed by atoms with van der Waals surface area (Å²) in [5.41, 5.74) is -2.45. The summed E-state index contributed by atoms with van der Waals surface area (Å²) in [7, 11) is 0. The van der Waals surface area contributed by atoms with E-state index in [9.17, 15) is 18.0 Å². The summed E-state index contributed by atoms with van der Waals surface area (Å²) < 4.78 is 40.3. The molecule has 1 aliphatic carbocycles. The van der Waals surface area contributed by atoms with Gasteiger partial charge in [-0.05, 0) is 88.7 Å². The van der Waals surface area contributed by atoms with E-state index in [2.05, 4.69) is 15.9 Å². The second-order valence-electron chi connectivity index (χ2n) is 8.70. The van der Waals surface area contributed by atoms with E-state index in [1.807, 2.05) is 4.90 Å². The van der Waals surface area contributed by atoms with Crippen molar-refractivity contribution in [2.45, 2.75) is 70.1 Å². The Hall–Kier alpha value is -1.66. The smallest absolute Gasteiger partial charge is 0.331 e. The summed E-state index contributed by atoms with van der Waals surface area (Å²) in [5.74, 6) is 0.310. The average Bonchev–Trinajstić information content (AvgIpc) is 2.90. The van der Waals surface area contributed by atoms with Crippen molar-refractivity contribution in [3.05, 3.63) is 29.3 Å². The third-order valence-corrected chi connectivity index (χ3v) is 7.28. The van der Waals surface area contributed by atoms with Crippen molar-refractivity contribution in [2.24, 2.45) is 5.92 Å². The molecule has 0 atom stereocenters. The maximum Gasteiger partial charge on any atom is 0.417 e. The molecule has 1 aromatic carbocycles. The van der Waals surface area contributed by atoms with Crippen LogP contribution < -0.4 is 4.90 Å². The van der Waals surface area contributed by atoms with Crippen LogP contribution in [0, 0.1) is 17.2 Å². The van der Waals surface area contributed by atoms with Crippen molar-refractivity contribution >= 4 is 44.9 Å². The molecular formula is C22H25BrF3N3OS. The van der Waals surface area contributed by atoms with E-state index in [-0.39, 0.29) is 22.7 Å². The summed E-state index contributed by atoms with van der Waals surface area (Å²) in [6.07, 6.45) is 1.51. The number of alkyl halides is 4. The predicted octanol–water partition coefficient (Wildman–Crippen LogP) is 6.02. The number of thiocarbonyl (C=S) groups is 1. The molecule has 0 bridgehead atoms. The molecule has 9 heteroatoms. The van der Waals surface area contributed by atoms with E-state index >= 15 is 0 Å². The van der Waals surface area contributed by atoms with Crippen molar-refractivity contribution in [3.63, 3.8) is 0 Å². The molecular weight excluding hydrogens is 491 g/mol. The Morgan fingerprint density at radius 2 is 1.90 bits per heavy atom. The van der Waals surface area contributed by atoms with Crippen LogP contribution in [0.25, 0.3) is 0 Å². The van der Waals surface area contributed by atoms with Crippen LogP contribution in [0.5, 0.6) is 0 Å². The second kappa shape index (κ2) is 9.07. The van der Waals surface area contributed by atoms with Crippen molar-refractivity contribution in [2.75, 3.05) is 10.2 Å². The lowest BCUT2D eigenvalue weighted by molar-refractivity contribution is -0.137. The number of amides is 1. The highest BCUT2D eigenvalue weighted by molar-refractivity contribution is 9.09. The number of carbonyl (C=O) groups excluding carboxylic acids is 1. The van der Waals surface area contributed by atoms with Crippen LogP contribution in [0.1, 0.15) is 63.5 Å². The molecule has 1 aliphatic heterocycles. The zero-order valence-electron chi connectivity index (χ0n) is 17.5. The molecule has 0 radical (unpaired) electrons. The van der Waals surface area contributed by atoms with Gasteiger partial charge in [-0.25, -0.2) is 0 Å². The fourth-order valence-electron chi connectivity index (χ4n) is 4.71. The third-order valence-electron chi connectivity index (χ3n) is 6.34. The Labute approximate surface area is 194 Å². The summed E-state index contributed by atoms with van der Waals surface area (Å²) in [4.78, 5) is 16.4. The van der Waals surface area contributed by atoms with Crippen LogP contribution in [0.15, 0.2) is 18.2 Å². The highest BCUT2D eigenvalue weighted by atomic mass is 79.9. The molecule has 1 aromatic rings. The van der Waals surface area contributed by atoms with Gasteiger partial charge in [0.1, 0.15) is 5.54 Å². The van der Waals surface area contributed by atoms with E-state index in [1.54, 1.807) is 19.9 Å². The van der Waals surface area contributed by atoms with Gasteiger partial charge in [0.15, 0.2) is 5.11 Å². The molecule has 0 spiro atoms. The van der Waals surface area contributed by atoms with Gasteiger partial charge in [0, 0.05) is 11.4 Å². The van der Waals surface area contributed by atoms with Gasteiger partial charge in [-0.1, -0.05) is 15.9 Å². The van der Waals surface area contributed by atoms with Gasteiger partial charge < -0.3 is 4.90 Å². The molecule has 3 rings (SSSR count). The number of halogens is 4. The van der Waals surface area contributed by atoms with Crippen LogP contribution in [0.4, 0.5) is 18.9 Å². The van der Waals surface area contributed by atoms with E-state index in [0.29, 0.717) is 5.92 Å². The number of nitrogens with zero attached hydrogens (tertiary/aromatic N) is 3. The molecule has 4 nitrogen and oxygen atoms in total. The highest BCUT2D eigenvalue weighted by Crippen LogP contribution is 2.41. The van der Waals surface area contributed by atoms with Gasteiger partial charge in [-0.15, -0.1) is 0 Å². The number of hydrogen-bond donors (Lipinski definition) is 0. The van der Waals surface area contributed by atoms with Gasteiger partial charge in [-0.2, -0.15) is 18.4 Å². The Bertz CT molecular complexity index is 904. The highest BCUT2D eigenvalue weighted by Gasteiger charge is 2.52. The Morgan fingerprint density at radius 3 is 2.45 bits per heavy atom. The molecule has 2 aliphatic rings. The van der Waals surface area contributed by atoms with Crippen LogP contribution in [-0.2, 0) is 11.0 Å². The maximum absolute atomic E-state index is 13.4. The number of anilines is 1. The number of nitriles is 1. The molecule has 0 unspecified atom stereocenters. The SMILES string of the molecule is CC1(C)C(=O)N(c2ccc(C#N)c(C(F)(F)F)c2)C(=S)N1[C@H]1CC[C@H](CCCBr)CC1. The van der Waals surface area contributed by atoms with E-state index in [0.717, 1.165) is 49.6 Å². The number of rotatable bonds is 5. The number of carbonyl (C=O) groups is 1. The monoisotopic (exact) mass is 515 g/mol. The zero-order chi connectivity index (χ0) is 23.0. The molecule has 31 heavy (non-hydrogen) atoms. The van der Waals surface area contributed by atoms with E-state index in [4.69, 9.17) is 17.5 Å². The van der Waals surface area contributed by atoms with Gasteiger partial charge >= 0.3 is 6.18 Å². The van der Waals surface area contributed by atoms with Crippen LogP contribution in [0.3, 0.4) is 0 Å². The molecule has 1 heterocycles. The average molecular weight is 516 g/mol. The minimum atomic E-state index is -4.70. The summed E-state index contributed by atoms with van der Waals surface area (Å²) >= 11 is 9.10. The quantitative estimate of drug-likeness (QED) is 0.355. The first-order valence-electron chi connectivity index (χ1n) is 10.4. The van der Waals surface area contributed by atoms with Crippen LogP contribution in [-0.4, -0.2) is 32.8 Å². The Morgan fingerprint density at radius 1 is 1.26 bits per heavy atom. The molecule has 1 saturated carbocycles. The van der Waals surface area contributed by atoms with E-state index < -0.39 is 22.8 Å². The standard InChI is InChI=1S/C22H25BrF3N3OS/c1-21(2)19(30)28(17-10-7-15(13-27)18(12-17)22(24,25)26)20(31)29(21)16-8-5-14(6-9-16)4-3-11-23/h7,10,12,14,16H,3-6,8-9,11H2,1-2H3/t14-,16-. The fraction of sp³-hybridized carbons (Fsp3) is 0.591. The van der Waals surface area contributed by atoms with Crippen molar-refractivity contribution < 1.29 is 18.0 Å². The van der Waals surface area contributed by atoms with Gasteiger partial charge in [0.2, 0.25) is 0 Å². The van der Waals surface area contributed by atoms with Crippen molar-refractivity contribution in [1.82, 2.24) is 4.90 Å². The van der Waals surface area contributed by atoms with Crippen LogP contribution >= 0.6 is 28.1 Å². The maximum atomic E-state index is 13.4. The lowest BCUT2D eigenvalue weighted by Gasteiger charge is -2.41. The topological polar surface area (TPSA) is 47.3 Å². The molecule has 1 saturated heterocycles. The Balaban J connectivity index is 1.88. The second-order valence-corrected chi connectivity index (χ2v) is 9.86. The number of hydrogen-bond acceptors (Lipinski definition) is 3. The predicted molar refractivity (Wildman–Crippen MR) is 121 cm³/mol. The largest absolute Gasteiger partial charge is 0.417 e. The molecule has 0 aromatic heterocycles. The minimum Gasteiger partial charge on any atom is -0.331 e. The Kier molecular flexibility index (Phi) is 7.02. The van der Waals surface area contributed by atoms with E-state index in [1.165, 1.54) is 17.4 Å². The number of benzene rings is 1. The zero-order valence-corrected chi connectivity index (χ0v) is 19.9. The van der Waals surface area contributed by atoms with Crippen molar-refractivity contribution in [1.29, 1.82) is 5.26 Å². The third kappa shape index (κ3) is 4.61. The van der Waals surface area contributed by atoms with Gasteiger partial charge in [0.05, 0.1) is 22.9 Å². The van der Waals surface area contributed by atoms with Crippen LogP contribution in [0.2, 0.25) is 0 Å². The van der Waals surface area contributed by atoms with Gasteiger partial charge in [-0.3, -0.25) is 9.69 Å². The lowest BCUT2D eigenvalue weighted by atomic mass is 9.82. The summed E-state index contributed by atoms with van der Waals surface area (Å²) in [6, 6.07) is 4.95. The first-order chi connectivity index (χ1) is 14.5. The normalized spacial score (nSPS) is 23.9. The molecule has 1 amide bonds. The van der Waals surface area contributed by atoms with Crippen molar-refractivity contribution in [3.8, 4) is 6.07 Å². The summed E-state index contributed by atoms with van der Waals surface area (Å²) in [6.45, 7) is 3.54. The molecule has 2 fully saturated rings. The van der Waals surface area contributed by atoms with Gasteiger partial charge in [0.25, 0.3) is 5.91 Å². The fourth-order valence-corrected chi connectivity index (χ4v) is 5.60. The first-order valence-corrected chi connectivity index (χ1v) is 11.9.